The van der Waals surface area contributed by atoms with Crippen molar-refractivity contribution in [2.45, 2.75) is 34.6 Å². The van der Waals surface area contributed by atoms with E-state index in [1.807, 2.05) is 73.8 Å². The van der Waals surface area contributed by atoms with Crippen molar-refractivity contribution in [1.82, 2.24) is 0 Å². The van der Waals surface area contributed by atoms with Gasteiger partial charge < -0.3 is 4.90 Å². The van der Waals surface area contributed by atoms with Crippen molar-refractivity contribution >= 4 is 45.4 Å². The van der Waals surface area contributed by atoms with E-state index < -0.39 is 0 Å². The van der Waals surface area contributed by atoms with Crippen molar-refractivity contribution in [3.8, 4) is 29.9 Å². The highest BCUT2D eigenvalue weighted by atomic mass is 32.1. The van der Waals surface area contributed by atoms with Crippen molar-refractivity contribution in [2.75, 3.05) is 4.90 Å². The van der Waals surface area contributed by atoms with Crippen LogP contribution in [0.15, 0.2) is 128 Å². The number of nitrogens with zero attached hydrogens (tertiary/aromatic N) is 1. The van der Waals surface area contributed by atoms with Gasteiger partial charge in [-0.2, -0.15) is 0 Å². The SMILES string of the molecule is C=C/C(=C\C)N(c1ccccc1)c1ccc(-c2ccc(-c3ccc(-c4ccc(C)s4)s3)s2)cc1.C=CC.CC. The first-order valence-corrected chi connectivity index (χ1v) is 15.6. The molecule has 0 spiro atoms. The van der Waals surface area contributed by atoms with E-state index in [-0.39, 0.29) is 0 Å². The minimum atomic E-state index is 1.06. The molecule has 0 saturated heterocycles. The molecule has 0 aliphatic rings. The van der Waals surface area contributed by atoms with E-state index in [0.29, 0.717) is 0 Å². The summed E-state index contributed by atoms with van der Waals surface area (Å²) in [7, 11) is 0. The van der Waals surface area contributed by atoms with Crippen LogP contribution in [0.2, 0.25) is 0 Å². The fourth-order valence-corrected chi connectivity index (χ4v) is 7.00. The van der Waals surface area contributed by atoms with Gasteiger partial charge in [-0.25, -0.2) is 0 Å². The van der Waals surface area contributed by atoms with E-state index in [2.05, 4.69) is 116 Å². The molecular weight excluding hydrogens is 531 g/mol. The molecule has 0 aliphatic heterocycles. The predicted molar refractivity (Wildman–Crippen MR) is 181 cm³/mol. The lowest BCUT2D eigenvalue weighted by Gasteiger charge is -2.26. The van der Waals surface area contributed by atoms with Gasteiger partial charge in [0.15, 0.2) is 0 Å². The zero-order valence-corrected chi connectivity index (χ0v) is 25.9. The molecule has 3 aromatic heterocycles. The third-order valence-corrected chi connectivity index (χ3v) is 9.24. The summed E-state index contributed by atoms with van der Waals surface area (Å²) < 4.78 is 0. The first-order chi connectivity index (χ1) is 19.1. The predicted octanol–water partition coefficient (Wildman–Crippen LogP) is 12.6. The molecule has 0 bridgehead atoms. The Morgan fingerprint density at radius 2 is 1.08 bits per heavy atom. The Morgan fingerprint density at radius 1 is 0.615 bits per heavy atom. The zero-order valence-electron chi connectivity index (χ0n) is 23.5. The molecule has 0 atom stereocenters. The molecule has 200 valence electrons. The van der Waals surface area contributed by atoms with Crippen LogP contribution in [0.4, 0.5) is 11.4 Å². The lowest BCUT2D eigenvalue weighted by atomic mass is 10.1. The maximum absolute atomic E-state index is 4.02. The molecule has 0 fully saturated rings. The number of hydrogen-bond donors (Lipinski definition) is 0. The lowest BCUT2D eigenvalue weighted by Crippen LogP contribution is -2.14. The van der Waals surface area contributed by atoms with E-state index in [4.69, 9.17) is 0 Å². The van der Waals surface area contributed by atoms with Crippen molar-refractivity contribution in [3.05, 3.63) is 133 Å². The van der Waals surface area contributed by atoms with Crippen LogP contribution < -0.4 is 4.90 Å². The summed E-state index contributed by atoms with van der Waals surface area (Å²) in [6, 6.07) is 32.6. The summed E-state index contributed by atoms with van der Waals surface area (Å²) in [5.41, 5.74) is 4.54. The van der Waals surface area contributed by atoms with E-state index in [1.54, 1.807) is 6.08 Å². The average Bonchev–Trinajstić information content (AvgIpc) is 3.75. The van der Waals surface area contributed by atoms with Gasteiger partial charge in [0, 0.05) is 46.3 Å². The number of allylic oxidation sites excluding steroid dienone is 3. The van der Waals surface area contributed by atoms with Gasteiger partial charge in [0.2, 0.25) is 0 Å². The van der Waals surface area contributed by atoms with E-state index >= 15 is 0 Å². The minimum absolute atomic E-state index is 1.06. The highest BCUT2D eigenvalue weighted by Gasteiger charge is 2.13. The number of anilines is 2. The van der Waals surface area contributed by atoms with Gasteiger partial charge in [0.25, 0.3) is 0 Å². The van der Waals surface area contributed by atoms with Gasteiger partial charge in [-0.1, -0.05) is 62.9 Å². The van der Waals surface area contributed by atoms with Crippen LogP contribution in [0, 0.1) is 6.92 Å². The normalized spacial score (nSPS) is 10.5. The second kappa shape index (κ2) is 15.2. The van der Waals surface area contributed by atoms with Gasteiger partial charge in [-0.05, 0) is 93.1 Å². The van der Waals surface area contributed by atoms with Crippen LogP contribution in [-0.4, -0.2) is 0 Å². The monoisotopic (exact) mass is 567 g/mol. The van der Waals surface area contributed by atoms with Crippen molar-refractivity contribution in [2.24, 2.45) is 0 Å². The molecule has 3 heterocycles. The Morgan fingerprint density at radius 3 is 1.56 bits per heavy atom. The topological polar surface area (TPSA) is 3.24 Å². The first kappa shape index (κ1) is 30.1. The van der Waals surface area contributed by atoms with Crippen molar-refractivity contribution in [3.63, 3.8) is 0 Å². The molecule has 4 heteroatoms. The average molecular weight is 568 g/mol. The van der Waals surface area contributed by atoms with Crippen LogP contribution >= 0.6 is 34.0 Å². The Labute approximate surface area is 246 Å². The number of para-hydroxylation sites is 1. The molecule has 0 radical (unpaired) electrons. The number of thiophene rings is 3. The fraction of sp³-hybridized carbons (Fsp3) is 0.143. The molecule has 1 nitrogen and oxygen atoms in total. The molecule has 5 rings (SSSR count). The van der Waals surface area contributed by atoms with Crippen molar-refractivity contribution < 1.29 is 0 Å². The summed E-state index contributed by atoms with van der Waals surface area (Å²) in [4.78, 5) is 10.2. The lowest BCUT2D eigenvalue weighted by molar-refractivity contribution is 1.20. The third-order valence-electron chi connectivity index (χ3n) is 5.63. The van der Waals surface area contributed by atoms with Crippen LogP contribution in [0.1, 0.15) is 32.6 Å². The molecule has 0 amide bonds. The molecule has 39 heavy (non-hydrogen) atoms. The molecule has 0 saturated carbocycles. The summed E-state index contributed by atoms with van der Waals surface area (Å²) in [5, 5.41) is 0. The summed E-state index contributed by atoms with van der Waals surface area (Å²) >= 11 is 5.58. The quantitative estimate of drug-likeness (QED) is 0.140. The second-order valence-electron chi connectivity index (χ2n) is 8.28. The highest BCUT2D eigenvalue weighted by Crippen LogP contribution is 2.42. The smallest absolute Gasteiger partial charge is 0.0461 e. The van der Waals surface area contributed by atoms with Gasteiger partial charge in [-0.15, -0.1) is 40.6 Å². The first-order valence-electron chi connectivity index (χ1n) is 13.2. The summed E-state index contributed by atoms with van der Waals surface area (Å²) in [6.07, 6.45) is 5.74. The molecular formula is C35H37NS3. The van der Waals surface area contributed by atoms with Gasteiger partial charge in [-0.3, -0.25) is 0 Å². The van der Waals surface area contributed by atoms with E-state index in [1.165, 1.54) is 34.8 Å². The fourth-order valence-electron chi connectivity index (χ4n) is 3.93. The van der Waals surface area contributed by atoms with Crippen LogP contribution in [0.25, 0.3) is 29.9 Å². The molecule has 5 aromatic rings. The van der Waals surface area contributed by atoms with Gasteiger partial charge >= 0.3 is 0 Å². The summed E-state index contributed by atoms with van der Waals surface area (Å²) in [5.74, 6) is 0. The largest absolute Gasteiger partial charge is 0.311 e. The zero-order chi connectivity index (χ0) is 28.2. The molecule has 0 N–H and O–H groups in total. The third kappa shape index (κ3) is 7.57. The van der Waals surface area contributed by atoms with Gasteiger partial charge in [0.1, 0.15) is 0 Å². The minimum Gasteiger partial charge on any atom is -0.311 e. The summed E-state index contributed by atoms with van der Waals surface area (Å²) in [6.45, 7) is 17.5. The Kier molecular flexibility index (Phi) is 11.8. The number of aryl methyl sites for hydroxylation is 1. The Bertz CT molecular complexity index is 1480. The van der Waals surface area contributed by atoms with Crippen LogP contribution in [0.3, 0.4) is 0 Å². The van der Waals surface area contributed by atoms with Gasteiger partial charge in [0.05, 0.1) is 0 Å². The maximum atomic E-state index is 4.02. The number of hydrogen-bond acceptors (Lipinski definition) is 4. The standard InChI is InChI=1S/C30H25NS3.C3H6.C2H6/c1-4-23(5-2)31(24-9-7-6-8-10-24)25-14-12-22(13-15-25)26-17-18-29(33-26)30-20-19-28(34-30)27-16-11-21(3)32-27;1-3-2;1-2/h4-20H,1H2,2-3H3;3H,1H2,2H3;1-2H3/b23-5+;;. The van der Waals surface area contributed by atoms with Crippen LogP contribution in [0.5, 0.6) is 0 Å². The molecule has 0 aliphatic carbocycles. The highest BCUT2D eigenvalue weighted by molar-refractivity contribution is 7.27. The molecule has 2 aromatic carbocycles. The van der Waals surface area contributed by atoms with E-state index in [9.17, 15) is 0 Å². The Hall–Kier alpha value is -3.44. The second-order valence-corrected chi connectivity index (χ2v) is 11.7. The molecule has 0 unspecified atom stereocenters. The Balaban J connectivity index is 0.000000787. The van der Waals surface area contributed by atoms with Crippen LogP contribution in [-0.2, 0) is 0 Å². The number of rotatable bonds is 7. The maximum Gasteiger partial charge on any atom is 0.0461 e. The number of benzene rings is 2. The van der Waals surface area contributed by atoms with Crippen molar-refractivity contribution in [1.29, 1.82) is 0 Å². The van der Waals surface area contributed by atoms with E-state index in [0.717, 1.165) is 17.1 Å².